The first-order valence-corrected chi connectivity index (χ1v) is 6.72. The third kappa shape index (κ3) is 3.48. The van der Waals surface area contributed by atoms with Gasteiger partial charge < -0.3 is 9.47 Å². The van der Waals surface area contributed by atoms with E-state index in [9.17, 15) is 19.3 Å². The molecule has 1 aliphatic rings. The molecule has 0 atom stereocenters. The number of nitro groups is 1. The van der Waals surface area contributed by atoms with E-state index in [-0.39, 0.29) is 11.3 Å². The maximum Gasteiger partial charge on any atom is 0.340 e. The Hall–Kier alpha value is -2.18. The normalized spacial score (nSPS) is 14.4. The number of nitro benzene ring substituents is 1. The number of benzene rings is 1. The van der Waals surface area contributed by atoms with Crippen molar-refractivity contribution < 1.29 is 23.6 Å². The lowest BCUT2D eigenvalue weighted by molar-refractivity contribution is -0.386. The van der Waals surface area contributed by atoms with Gasteiger partial charge in [0.2, 0.25) is 0 Å². The number of hydrogen-bond acceptors (Lipinski definition) is 5. The topological polar surface area (TPSA) is 78.7 Å². The summed E-state index contributed by atoms with van der Waals surface area (Å²) < 4.78 is 23.5. The summed E-state index contributed by atoms with van der Waals surface area (Å²) >= 11 is 0. The largest absolute Gasteiger partial charge is 0.487 e. The first kappa shape index (κ1) is 15.2. The maximum atomic E-state index is 13.7. The van der Waals surface area contributed by atoms with Crippen LogP contribution in [0.2, 0.25) is 0 Å². The SMILES string of the molecule is COC(=O)c1cc(OCCC2CCC2)c([N+](=O)[O-])cc1F. The maximum absolute atomic E-state index is 13.7. The van der Waals surface area contributed by atoms with Gasteiger partial charge in [-0.3, -0.25) is 10.1 Å². The molecule has 6 nitrogen and oxygen atoms in total. The highest BCUT2D eigenvalue weighted by atomic mass is 19.1. The molecule has 0 saturated heterocycles. The standard InChI is InChI=1S/C14H16FNO5/c1-20-14(17)10-7-13(12(16(18)19)8-11(10)15)21-6-5-9-3-2-4-9/h7-9H,2-6H2,1H3. The molecule has 114 valence electrons. The van der Waals surface area contributed by atoms with Crippen LogP contribution < -0.4 is 4.74 Å². The van der Waals surface area contributed by atoms with Gasteiger partial charge in [-0.05, 0) is 12.3 Å². The van der Waals surface area contributed by atoms with Gasteiger partial charge in [0, 0.05) is 6.07 Å². The second kappa shape index (κ2) is 6.51. The molecule has 0 spiro atoms. The summed E-state index contributed by atoms with van der Waals surface area (Å²) in [5.41, 5.74) is -0.865. The van der Waals surface area contributed by atoms with Crippen molar-refractivity contribution >= 4 is 11.7 Å². The van der Waals surface area contributed by atoms with Crippen LogP contribution in [-0.4, -0.2) is 24.6 Å². The van der Waals surface area contributed by atoms with Gasteiger partial charge in [0.05, 0.1) is 30.3 Å². The van der Waals surface area contributed by atoms with Gasteiger partial charge in [-0.15, -0.1) is 0 Å². The first-order chi connectivity index (χ1) is 10.0. The number of ether oxygens (including phenoxy) is 2. The van der Waals surface area contributed by atoms with E-state index in [1.807, 2.05) is 0 Å². The van der Waals surface area contributed by atoms with E-state index in [4.69, 9.17) is 4.74 Å². The molecule has 0 heterocycles. The van der Waals surface area contributed by atoms with Gasteiger partial charge in [0.1, 0.15) is 5.82 Å². The minimum atomic E-state index is -1.00. The highest BCUT2D eigenvalue weighted by Gasteiger charge is 2.24. The number of halogens is 1. The van der Waals surface area contributed by atoms with Gasteiger partial charge in [0.25, 0.3) is 0 Å². The van der Waals surface area contributed by atoms with E-state index >= 15 is 0 Å². The Labute approximate surface area is 121 Å². The highest BCUT2D eigenvalue weighted by Crippen LogP contribution is 2.32. The van der Waals surface area contributed by atoms with Crippen molar-refractivity contribution in [3.05, 3.63) is 33.6 Å². The van der Waals surface area contributed by atoms with E-state index in [0.29, 0.717) is 18.6 Å². The lowest BCUT2D eigenvalue weighted by atomic mass is 9.83. The van der Waals surface area contributed by atoms with Crippen LogP contribution in [0, 0.1) is 21.8 Å². The average Bonchev–Trinajstić information content (AvgIpc) is 2.41. The Morgan fingerprint density at radius 3 is 2.71 bits per heavy atom. The molecule has 0 radical (unpaired) electrons. The molecule has 1 saturated carbocycles. The van der Waals surface area contributed by atoms with E-state index in [1.165, 1.54) is 6.42 Å². The molecule has 0 unspecified atom stereocenters. The van der Waals surface area contributed by atoms with Gasteiger partial charge in [-0.25, -0.2) is 9.18 Å². The molecule has 0 aliphatic heterocycles. The lowest BCUT2D eigenvalue weighted by Gasteiger charge is -2.24. The van der Waals surface area contributed by atoms with Crippen molar-refractivity contribution in [2.45, 2.75) is 25.7 Å². The third-order valence-corrected chi connectivity index (χ3v) is 3.66. The highest BCUT2D eigenvalue weighted by molar-refractivity contribution is 5.90. The summed E-state index contributed by atoms with van der Waals surface area (Å²) in [5.74, 6) is -1.42. The number of hydrogen-bond donors (Lipinski definition) is 0. The summed E-state index contributed by atoms with van der Waals surface area (Å²) in [6, 6.07) is 1.71. The molecule has 1 aromatic rings. The zero-order valence-corrected chi connectivity index (χ0v) is 11.6. The van der Waals surface area contributed by atoms with Gasteiger partial charge >= 0.3 is 11.7 Å². The molecule has 21 heavy (non-hydrogen) atoms. The van der Waals surface area contributed by atoms with E-state index in [0.717, 1.165) is 32.4 Å². The zero-order chi connectivity index (χ0) is 15.4. The fraction of sp³-hybridized carbons (Fsp3) is 0.500. The fourth-order valence-corrected chi connectivity index (χ4v) is 2.18. The number of esters is 1. The number of carbonyl (C=O) groups is 1. The lowest BCUT2D eigenvalue weighted by Crippen LogP contribution is -2.15. The summed E-state index contributed by atoms with van der Waals surface area (Å²) in [5, 5.41) is 10.9. The minimum Gasteiger partial charge on any atom is -0.487 e. The van der Waals surface area contributed by atoms with Crippen molar-refractivity contribution in [1.82, 2.24) is 0 Å². The fourth-order valence-electron chi connectivity index (χ4n) is 2.18. The quantitative estimate of drug-likeness (QED) is 0.458. The van der Waals surface area contributed by atoms with E-state index in [2.05, 4.69) is 4.74 Å². The van der Waals surface area contributed by atoms with Gasteiger partial charge in [-0.2, -0.15) is 0 Å². The molecular formula is C14H16FNO5. The summed E-state index contributed by atoms with van der Waals surface area (Å²) in [7, 11) is 1.11. The number of methoxy groups -OCH3 is 1. The Bertz CT molecular complexity index is 557. The third-order valence-electron chi connectivity index (χ3n) is 3.66. The molecule has 1 fully saturated rings. The zero-order valence-electron chi connectivity index (χ0n) is 11.6. The molecule has 7 heteroatoms. The van der Waals surface area contributed by atoms with Crippen molar-refractivity contribution in [3.63, 3.8) is 0 Å². The van der Waals surface area contributed by atoms with Crippen molar-refractivity contribution in [2.75, 3.05) is 13.7 Å². The average molecular weight is 297 g/mol. The van der Waals surface area contributed by atoms with Crippen LogP contribution in [0.15, 0.2) is 12.1 Å². The molecule has 2 rings (SSSR count). The van der Waals surface area contributed by atoms with Crippen LogP contribution in [0.3, 0.4) is 0 Å². The molecule has 0 N–H and O–H groups in total. The predicted molar refractivity (Wildman–Crippen MR) is 71.8 cm³/mol. The summed E-state index contributed by atoms with van der Waals surface area (Å²) in [6.07, 6.45) is 4.28. The van der Waals surface area contributed by atoms with Gasteiger partial charge in [-0.1, -0.05) is 19.3 Å². The molecule has 0 amide bonds. The molecular weight excluding hydrogens is 281 g/mol. The number of nitrogens with zero attached hydrogens (tertiary/aromatic N) is 1. The number of carbonyl (C=O) groups excluding carboxylic acids is 1. The second-order valence-corrected chi connectivity index (χ2v) is 4.98. The predicted octanol–water partition coefficient (Wildman–Crippen LogP) is 3.09. The second-order valence-electron chi connectivity index (χ2n) is 4.98. The van der Waals surface area contributed by atoms with E-state index in [1.54, 1.807) is 0 Å². The van der Waals surface area contributed by atoms with Crippen LogP contribution in [0.25, 0.3) is 0 Å². The monoisotopic (exact) mass is 297 g/mol. The Morgan fingerprint density at radius 1 is 1.48 bits per heavy atom. The van der Waals surface area contributed by atoms with Crippen LogP contribution in [0.1, 0.15) is 36.0 Å². The molecule has 0 bridgehead atoms. The first-order valence-electron chi connectivity index (χ1n) is 6.72. The van der Waals surface area contributed by atoms with Crippen LogP contribution in [0.5, 0.6) is 5.75 Å². The van der Waals surface area contributed by atoms with Crippen LogP contribution in [-0.2, 0) is 4.74 Å². The summed E-state index contributed by atoms with van der Waals surface area (Å²) in [6.45, 7) is 0.303. The number of rotatable bonds is 6. The molecule has 0 aromatic heterocycles. The van der Waals surface area contributed by atoms with E-state index < -0.39 is 22.4 Å². The minimum absolute atomic E-state index is 0.110. The molecule has 1 aliphatic carbocycles. The smallest absolute Gasteiger partial charge is 0.340 e. The van der Waals surface area contributed by atoms with Crippen LogP contribution >= 0.6 is 0 Å². The van der Waals surface area contributed by atoms with Gasteiger partial charge in [0.15, 0.2) is 5.75 Å². The van der Waals surface area contributed by atoms with Crippen molar-refractivity contribution in [2.24, 2.45) is 5.92 Å². The Morgan fingerprint density at radius 2 is 2.19 bits per heavy atom. The summed E-state index contributed by atoms with van der Waals surface area (Å²) in [4.78, 5) is 21.6. The molecule has 1 aromatic carbocycles. The van der Waals surface area contributed by atoms with Crippen molar-refractivity contribution in [3.8, 4) is 5.75 Å². The Balaban J connectivity index is 2.18. The van der Waals surface area contributed by atoms with Crippen molar-refractivity contribution in [1.29, 1.82) is 0 Å². The van der Waals surface area contributed by atoms with Crippen LogP contribution in [0.4, 0.5) is 10.1 Å². The Kier molecular flexibility index (Phi) is 4.72.